The van der Waals surface area contributed by atoms with Crippen molar-refractivity contribution in [3.63, 3.8) is 0 Å². The zero-order chi connectivity index (χ0) is 36.1. The van der Waals surface area contributed by atoms with E-state index in [1.807, 2.05) is 46.8 Å². The van der Waals surface area contributed by atoms with Crippen molar-refractivity contribution in [3.8, 4) is 23.1 Å². The van der Waals surface area contributed by atoms with E-state index in [1.165, 1.54) is 0 Å². The molecule has 2 saturated heterocycles. The summed E-state index contributed by atoms with van der Waals surface area (Å²) in [4.78, 5) is 36.0. The summed E-state index contributed by atoms with van der Waals surface area (Å²) < 4.78 is 50.2. The van der Waals surface area contributed by atoms with Crippen molar-refractivity contribution in [1.29, 1.82) is 0 Å². The standard InChI is InChI=1S/C37H46F2N8O4/c1-6-24-18-41-32-27-31(44-34(45-32)49-20-37-14-8-15-46(37)19-23(38)17-37)28(39)30(25-10-7-9-22-11-12-26(40)42-29(22)25)43-33(27)50-21(2)13-16-47(24)35(48)51-36(3,4)5/h7,9-12,21,23-24H,6,8,13-20H2,1-5H3,(H2,40,42)(H,41,44,45)/t21-,23+,24?,37-/m0/s1. The van der Waals surface area contributed by atoms with Crippen LogP contribution in [0.3, 0.4) is 0 Å². The number of para-hydroxylation sites is 1. The molecule has 1 aromatic carbocycles. The highest BCUT2D eigenvalue weighted by molar-refractivity contribution is 6.00. The second-order valence-electron chi connectivity index (χ2n) is 15.0. The molecule has 0 aliphatic carbocycles. The van der Waals surface area contributed by atoms with Crippen LogP contribution in [-0.2, 0) is 4.74 Å². The van der Waals surface area contributed by atoms with Gasteiger partial charge in [0.05, 0.1) is 23.2 Å². The number of alkyl halides is 1. The summed E-state index contributed by atoms with van der Waals surface area (Å²) in [5.74, 6) is -0.0543. The lowest BCUT2D eigenvalue weighted by Gasteiger charge is -2.33. The van der Waals surface area contributed by atoms with Gasteiger partial charge in [-0.3, -0.25) is 4.90 Å². The molecule has 51 heavy (non-hydrogen) atoms. The number of hydrogen-bond acceptors (Lipinski definition) is 11. The number of anilines is 2. The van der Waals surface area contributed by atoms with Gasteiger partial charge in [-0.25, -0.2) is 23.5 Å². The summed E-state index contributed by atoms with van der Waals surface area (Å²) in [5, 5.41) is 4.37. The van der Waals surface area contributed by atoms with E-state index in [-0.39, 0.29) is 59.3 Å². The number of carbonyl (C=O) groups excluding carboxylic acids is 1. The predicted molar refractivity (Wildman–Crippen MR) is 191 cm³/mol. The number of nitrogens with two attached hydrogens (primary N) is 1. The van der Waals surface area contributed by atoms with Crippen LogP contribution in [0.2, 0.25) is 0 Å². The molecule has 1 amide bonds. The van der Waals surface area contributed by atoms with Crippen LogP contribution in [0.4, 0.5) is 25.2 Å². The van der Waals surface area contributed by atoms with Crippen LogP contribution in [0.25, 0.3) is 33.1 Å². The van der Waals surface area contributed by atoms with E-state index >= 15 is 4.39 Å². The van der Waals surface area contributed by atoms with E-state index in [9.17, 15) is 9.18 Å². The molecule has 0 saturated carbocycles. The highest BCUT2D eigenvalue weighted by atomic mass is 19.1. The lowest BCUT2D eigenvalue weighted by molar-refractivity contribution is 0.0144. The SMILES string of the molecule is CCC1CNc2nc(OC[C@@]34CCCN3C[C@H](F)C4)nc3c(F)c(-c4cccc5ccc(N)nc45)nc(c23)O[C@@H](C)CCN1C(=O)OC(C)(C)C. The topological polar surface area (TPSA) is 141 Å². The molecule has 1 unspecified atom stereocenters. The number of hydrogen-bond donors (Lipinski definition) is 2. The highest BCUT2D eigenvalue weighted by Crippen LogP contribution is 2.42. The van der Waals surface area contributed by atoms with E-state index in [0.29, 0.717) is 43.4 Å². The molecular formula is C37H46F2N8O4. The van der Waals surface area contributed by atoms with Gasteiger partial charge in [-0.15, -0.1) is 0 Å². The Morgan fingerprint density at radius 1 is 1.14 bits per heavy atom. The Labute approximate surface area is 296 Å². The quantitative estimate of drug-likeness (QED) is 0.235. The average molecular weight is 705 g/mol. The summed E-state index contributed by atoms with van der Waals surface area (Å²) in [5.41, 5.74) is 5.74. The molecule has 3 N–H and O–H groups in total. The van der Waals surface area contributed by atoms with Gasteiger partial charge < -0.3 is 30.2 Å². The minimum absolute atomic E-state index is 0.0164. The summed E-state index contributed by atoms with van der Waals surface area (Å²) in [7, 11) is 0. The molecule has 14 heteroatoms. The number of aromatic nitrogens is 4. The number of nitrogen functional groups attached to an aromatic ring is 1. The first-order valence-electron chi connectivity index (χ1n) is 17.8. The molecule has 272 valence electrons. The first-order valence-corrected chi connectivity index (χ1v) is 17.8. The second kappa shape index (κ2) is 13.5. The van der Waals surface area contributed by atoms with E-state index in [4.69, 9.17) is 29.9 Å². The highest BCUT2D eigenvalue weighted by Gasteiger charge is 2.49. The van der Waals surface area contributed by atoms with E-state index in [2.05, 4.69) is 20.2 Å². The number of benzene rings is 1. The summed E-state index contributed by atoms with van der Waals surface area (Å²) in [6, 6.07) is 8.56. The van der Waals surface area contributed by atoms with Crippen LogP contribution < -0.4 is 20.5 Å². The van der Waals surface area contributed by atoms with Crippen LogP contribution in [-0.4, -0.2) is 98.1 Å². The minimum atomic E-state index is -0.937. The second-order valence-corrected chi connectivity index (χ2v) is 15.0. The number of halogens is 2. The van der Waals surface area contributed by atoms with Gasteiger partial charge in [-0.2, -0.15) is 9.97 Å². The van der Waals surface area contributed by atoms with Crippen molar-refractivity contribution in [2.75, 3.05) is 43.8 Å². The van der Waals surface area contributed by atoms with Crippen LogP contribution in [0, 0.1) is 5.82 Å². The van der Waals surface area contributed by atoms with Crippen LogP contribution in [0.5, 0.6) is 11.9 Å². The van der Waals surface area contributed by atoms with Crippen molar-refractivity contribution in [1.82, 2.24) is 29.7 Å². The molecule has 0 spiro atoms. The van der Waals surface area contributed by atoms with Gasteiger partial charge in [0.2, 0.25) is 5.88 Å². The number of nitrogens with one attached hydrogen (secondary N) is 1. The maximum Gasteiger partial charge on any atom is 0.410 e. The zero-order valence-electron chi connectivity index (χ0n) is 29.8. The molecule has 4 aromatic rings. The van der Waals surface area contributed by atoms with E-state index in [0.717, 1.165) is 24.8 Å². The molecule has 3 aliphatic heterocycles. The average Bonchev–Trinajstić information content (AvgIpc) is 3.60. The van der Waals surface area contributed by atoms with Crippen LogP contribution in [0.15, 0.2) is 30.3 Å². The molecule has 4 atom stereocenters. The molecule has 3 aromatic heterocycles. The summed E-state index contributed by atoms with van der Waals surface area (Å²) in [6.45, 7) is 11.3. The molecule has 2 fully saturated rings. The molecule has 6 heterocycles. The Bertz CT molecular complexity index is 1960. The number of rotatable bonds is 5. The Balaban J connectivity index is 1.36. The van der Waals surface area contributed by atoms with Gasteiger partial charge in [0.15, 0.2) is 5.82 Å². The number of carbonyl (C=O) groups is 1. The van der Waals surface area contributed by atoms with Crippen LogP contribution in [0.1, 0.15) is 66.7 Å². The van der Waals surface area contributed by atoms with Gasteiger partial charge in [0, 0.05) is 43.4 Å². The van der Waals surface area contributed by atoms with E-state index < -0.39 is 35.3 Å². The third kappa shape index (κ3) is 6.89. The van der Waals surface area contributed by atoms with Crippen molar-refractivity contribution in [3.05, 3.63) is 36.1 Å². The zero-order valence-corrected chi connectivity index (χ0v) is 29.8. The fraction of sp³-hybridized carbons (Fsp3) is 0.541. The molecule has 3 aliphatic rings. The molecule has 7 rings (SSSR count). The van der Waals surface area contributed by atoms with E-state index in [1.54, 1.807) is 23.1 Å². The summed E-state index contributed by atoms with van der Waals surface area (Å²) in [6.07, 6.45) is 1.33. The first kappa shape index (κ1) is 34.8. The number of ether oxygens (including phenoxy) is 3. The normalized spacial score (nSPS) is 24.1. The summed E-state index contributed by atoms with van der Waals surface area (Å²) >= 11 is 0. The van der Waals surface area contributed by atoms with Gasteiger partial charge in [-0.1, -0.05) is 25.1 Å². The van der Waals surface area contributed by atoms with Crippen LogP contribution >= 0.6 is 0 Å². The van der Waals surface area contributed by atoms with Crippen molar-refractivity contribution < 1.29 is 27.8 Å². The molecule has 0 bridgehead atoms. The van der Waals surface area contributed by atoms with Gasteiger partial charge >= 0.3 is 12.1 Å². The van der Waals surface area contributed by atoms with Crippen molar-refractivity contribution >= 4 is 39.5 Å². The van der Waals surface area contributed by atoms with Crippen molar-refractivity contribution in [2.24, 2.45) is 0 Å². The third-order valence-electron chi connectivity index (χ3n) is 10.1. The third-order valence-corrected chi connectivity index (χ3v) is 10.1. The van der Waals surface area contributed by atoms with Gasteiger partial charge in [0.1, 0.15) is 46.6 Å². The fourth-order valence-electron chi connectivity index (χ4n) is 7.58. The maximum atomic E-state index is 17.1. The monoisotopic (exact) mass is 704 g/mol. The Morgan fingerprint density at radius 3 is 2.75 bits per heavy atom. The number of fused-ring (bicyclic) bond motifs is 2. The predicted octanol–water partition coefficient (Wildman–Crippen LogP) is 6.52. The molecule has 0 radical (unpaired) electrons. The Hall–Kier alpha value is -4.59. The largest absolute Gasteiger partial charge is 0.474 e. The lowest BCUT2D eigenvalue weighted by Crippen LogP contribution is -2.47. The van der Waals surface area contributed by atoms with Gasteiger partial charge in [-0.05, 0) is 65.6 Å². The number of amides is 1. The first-order chi connectivity index (χ1) is 24.3. The number of pyridine rings is 2. The van der Waals surface area contributed by atoms with Crippen molar-refractivity contribution in [2.45, 2.75) is 96.2 Å². The molecule has 12 nitrogen and oxygen atoms in total. The fourth-order valence-corrected chi connectivity index (χ4v) is 7.58. The smallest absolute Gasteiger partial charge is 0.410 e. The lowest BCUT2D eigenvalue weighted by atomic mass is 9.95. The molecular weight excluding hydrogens is 658 g/mol. The minimum Gasteiger partial charge on any atom is -0.474 e. The van der Waals surface area contributed by atoms with Gasteiger partial charge in [0.25, 0.3) is 0 Å². The maximum absolute atomic E-state index is 17.1. The Morgan fingerprint density at radius 2 is 1.96 bits per heavy atom. The Kier molecular flexibility index (Phi) is 9.23. The number of nitrogens with zero attached hydrogens (tertiary/aromatic N) is 6.